The van der Waals surface area contributed by atoms with E-state index in [-0.39, 0.29) is 12.3 Å². The molecule has 18 heavy (non-hydrogen) atoms. The smallest absolute Gasteiger partial charge is 0.328 e. The lowest BCUT2D eigenvalue weighted by molar-refractivity contribution is -0.145. The number of hydrogen-bond acceptors (Lipinski definition) is 2. The third-order valence-electron chi connectivity index (χ3n) is 2.92. The monoisotopic (exact) mass is 249 g/mol. The number of hydrogen-bond donors (Lipinski definition) is 2. The minimum absolute atomic E-state index is 0.192. The first-order chi connectivity index (χ1) is 8.22. The number of carboxylic acids is 1. The minimum atomic E-state index is -1.24. The highest BCUT2D eigenvalue weighted by Gasteiger charge is 2.28. The van der Waals surface area contributed by atoms with E-state index < -0.39 is 11.5 Å². The SMILES string of the molecule is Cc1ccc(CC(=O)NC(C)(C)C(=O)O)cc1C. The quantitative estimate of drug-likeness (QED) is 0.855. The molecule has 0 spiro atoms. The Kier molecular flexibility index (Phi) is 4.11. The average molecular weight is 249 g/mol. The molecule has 0 aromatic heterocycles. The molecule has 1 aromatic carbocycles. The van der Waals surface area contributed by atoms with Crippen molar-refractivity contribution in [3.8, 4) is 0 Å². The Morgan fingerprint density at radius 2 is 1.83 bits per heavy atom. The van der Waals surface area contributed by atoms with Gasteiger partial charge in [-0.15, -0.1) is 0 Å². The van der Waals surface area contributed by atoms with Crippen molar-refractivity contribution in [2.75, 3.05) is 0 Å². The van der Waals surface area contributed by atoms with E-state index in [1.54, 1.807) is 0 Å². The summed E-state index contributed by atoms with van der Waals surface area (Å²) >= 11 is 0. The van der Waals surface area contributed by atoms with Gasteiger partial charge in [0, 0.05) is 0 Å². The molecular formula is C14H19NO3. The molecule has 1 rings (SSSR count). The van der Waals surface area contributed by atoms with E-state index in [4.69, 9.17) is 5.11 Å². The van der Waals surface area contributed by atoms with E-state index in [1.807, 2.05) is 32.0 Å². The van der Waals surface area contributed by atoms with Crippen molar-refractivity contribution in [2.45, 2.75) is 39.7 Å². The molecule has 4 heteroatoms. The van der Waals surface area contributed by atoms with Gasteiger partial charge in [-0.05, 0) is 44.4 Å². The second-order valence-corrected chi connectivity index (χ2v) is 5.07. The maximum absolute atomic E-state index is 11.8. The third kappa shape index (κ3) is 3.58. The van der Waals surface area contributed by atoms with Crippen LogP contribution in [0.3, 0.4) is 0 Å². The minimum Gasteiger partial charge on any atom is -0.480 e. The van der Waals surface area contributed by atoms with Crippen LogP contribution < -0.4 is 5.32 Å². The van der Waals surface area contributed by atoms with Crippen LogP contribution in [0.15, 0.2) is 18.2 Å². The predicted molar refractivity (Wildman–Crippen MR) is 69.5 cm³/mol. The Hall–Kier alpha value is -1.84. The Morgan fingerprint density at radius 1 is 1.22 bits per heavy atom. The molecule has 0 aliphatic carbocycles. The summed E-state index contributed by atoms with van der Waals surface area (Å²) in [5, 5.41) is 11.4. The van der Waals surface area contributed by atoms with Gasteiger partial charge in [0.05, 0.1) is 6.42 Å². The number of aliphatic carboxylic acids is 1. The Bertz CT molecular complexity index is 478. The number of rotatable bonds is 4. The summed E-state index contributed by atoms with van der Waals surface area (Å²) in [7, 11) is 0. The largest absolute Gasteiger partial charge is 0.480 e. The molecule has 4 nitrogen and oxygen atoms in total. The Morgan fingerprint density at radius 3 is 2.33 bits per heavy atom. The summed E-state index contributed by atoms with van der Waals surface area (Å²) in [4.78, 5) is 22.6. The van der Waals surface area contributed by atoms with E-state index >= 15 is 0 Å². The van der Waals surface area contributed by atoms with Gasteiger partial charge < -0.3 is 10.4 Å². The number of carbonyl (C=O) groups is 2. The van der Waals surface area contributed by atoms with Crippen molar-refractivity contribution < 1.29 is 14.7 Å². The second kappa shape index (κ2) is 5.21. The topological polar surface area (TPSA) is 66.4 Å². The van der Waals surface area contributed by atoms with Crippen LogP contribution in [0.5, 0.6) is 0 Å². The van der Waals surface area contributed by atoms with Gasteiger partial charge in [0.1, 0.15) is 5.54 Å². The molecule has 0 unspecified atom stereocenters. The van der Waals surface area contributed by atoms with Crippen LogP contribution in [0.1, 0.15) is 30.5 Å². The van der Waals surface area contributed by atoms with Crippen LogP contribution in [0.25, 0.3) is 0 Å². The first kappa shape index (κ1) is 14.2. The van der Waals surface area contributed by atoms with Crippen molar-refractivity contribution in [1.29, 1.82) is 0 Å². The number of carboxylic acid groups (broad SMARTS) is 1. The van der Waals surface area contributed by atoms with E-state index in [9.17, 15) is 9.59 Å². The first-order valence-electron chi connectivity index (χ1n) is 5.83. The van der Waals surface area contributed by atoms with E-state index in [0.717, 1.165) is 11.1 Å². The maximum Gasteiger partial charge on any atom is 0.328 e. The van der Waals surface area contributed by atoms with Gasteiger partial charge in [-0.2, -0.15) is 0 Å². The van der Waals surface area contributed by atoms with Crippen molar-refractivity contribution >= 4 is 11.9 Å². The van der Waals surface area contributed by atoms with Crippen molar-refractivity contribution in [2.24, 2.45) is 0 Å². The number of carbonyl (C=O) groups excluding carboxylic acids is 1. The summed E-state index contributed by atoms with van der Waals surface area (Å²) in [6.07, 6.45) is 0.192. The van der Waals surface area contributed by atoms with Crippen LogP contribution in [-0.2, 0) is 16.0 Å². The zero-order valence-electron chi connectivity index (χ0n) is 11.2. The number of benzene rings is 1. The second-order valence-electron chi connectivity index (χ2n) is 5.07. The summed E-state index contributed by atoms with van der Waals surface area (Å²) in [5.74, 6) is -1.33. The van der Waals surface area contributed by atoms with Gasteiger partial charge in [-0.3, -0.25) is 4.79 Å². The summed E-state index contributed by atoms with van der Waals surface area (Å²) < 4.78 is 0. The van der Waals surface area contributed by atoms with Gasteiger partial charge in [-0.25, -0.2) is 4.79 Å². The van der Waals surface area contributed by atoms with Gasteiger partial charge >= 0.3 is 5.97 Å². The first-order valence-corrected chi connectivity index (χ1v) is 5.83. The van der Waals surface area contributed by atoms with E-state index in [0.29, 0.717) is 0 Å². The lowest BCUT2D eigenvalue weighted by atomic mass is 10.0. The molecule has 1 aromatic rings. The van der Waals surface area contributed by atoms with Crippen LogP contribution >= 0.6 is 0 Å². The molecule has 0 saturated heterocycles. The molecule has 0 atom stereocenters. The van der Waals surface area contributed by atoms with Crippen molar-refractivity contribution in [3.05, 3.63) is 34.9 Å². The summed E-state index contributed by atoms with van der Waals surface area (Å²) in [5.41, 5.74) is 1.94. The van der Waals surface area contributed by atoms with E-state index in [1.165, 1.54) is 19.4 Å². The zero-order chi connectivity index (χ0) is 13.9. The summed E-state index contributed by atoms with van der Waals surface area (Å²) in [6, 6.07) is 5.79. The zero-order valence-corrected chi connectivity index (χ0v) is 11.2. The molecule has 0 aliphatic heterocycles. The predicted octanol–water partition coefficient (Wildman–Crippen LogP) is 1.83. The highest BCUT2D eigenvalue weighted by atomic mass is 16.4. The normalized spacial score (nSPS) is 11.1. The lowest BCUT2D eigenvalue weighted by Gasteiger charge is -2.21. The molecule has 2 N–H and O–H groups in total. The van der Waals surface area contributed by atoms with Gasteiger partial charge in [-0.1, -0.05) is 18.2 Å². The highest BCUT2D eigenvalue weighted by molar-refractivity contribution is 5.87. The lowest BCUT2D eigenvalue weighted by Crippen LogP contribution is -2.50. The number of nitrogens with one attached hydrogen (secondary N) is 1. The molecule has 98 valence electrons. The fraction of sp³-hybridized carbons (Fsp3) is 0.429. The Labute approximate surface area is 107 Å². The molecular weight excluding hydrogens is 230 g/mol. The maximum atomic E-state index is 11.8. The Balaban J connectivity index is 2.71. The van der Waals surface area contributed by atoms with Gasteiger partial charge in [0.15, 0.2) is 0 Å². The van der Waals surface area contributed by atoms with Gasteiger partial charge in [0.2, 0.25) is 5.91 Å². The van der Waals surface area contributed by atoms with Crippen LogP contribution in [0.2, 0.25) is 0 Å². The molecule has 0 heterocycles. The summed E-state index contributed by atoms with van der Waals surface area (Å²) in [6.45, 7) is 6.92. The molecule has 0 saturated carbocycles. The van der Waals surface area contributed by atoms with Gasteiger partial charge in [0.25, 0.3) is 0 Å². The third-order valence-corrected chi connectivity index (χ3v) is 2.92. The molecule has 0 bridgehead atoms. The molecule has 0 aliphatic rings. The van der Waals surface area contributed by atoms with E-state index in [2.05, 4.69) is 5.32 Å². The van der Waals surface area contributed by atoms with Crippen LogP contribution in [0.4, 0.5) is 0 Å². The molecule has 0 radical (unpaired) electrons. The highest BCUT2D eigenvalue weighted by Crippen LogP contribution is 2.11. The molecule has 0 fully saturated rings. The number of aryl methyl sites for hydroxylation is 2. The standard InChI is InChI=1S/C14H19NO3/c1-9-5-6-11(7-10(9)2)8-12(16)15-14(3,4)13(17)18/h5-7H,8H2,1-4H3,(H,15,16)(H,17,18). The van der Waals surface area contributed by atoms with Crippen LogP contribution in [0, 0.1) is 13.8 Å². The molecule has 1 amide bonds. The fourth-order valence-corrected chi connectivity index (χ4v) is 1.55. The number of amides is 1. The fourth-order valence-electron chi connectivity index (χ4n) is 1.55. The average Bonchev–Trinajstić information content (AvgIpc) is 2.22. The van der Waals surface area contributed by atoms with Crippen molar-refractivity contribution in [1.82, 2.24) is 5.32 Å². The van der Waals surface area contributed by atoms with Crippen molar-refractivity contribution in [3.63, 3.8) is 0 Å². The van der Waals surface area contributed by atoms with Crippen LogP contribution in [-0.4, -0.2) is 22.5 Å².